The number of aliphatic hydroxyl groups excluding tert-OH is 1. The van der Waals surface area contributed by atoms with Crippen molar-refractivity contribution >= 4 is 29.6 Å². The van der Waals surface area contributed by atoms with E-state index in [1.807, 2.05) is 6.92 Å². The molecule has 0 rings (SSSR count). The van der Waals surface area contributed by atoms with E-state index in [-0.39, 0.29) is 35.7 Å². The van der Waals surface area contributed by atoms with Crippen molar-refractivity contribution in [2.24, 2.45) is 0 Å². The van der Waals surface area contributed by atoms with Crippen molar-refractivity contribution in [3.63, 3.8) is 0 Å². The van der Waals surface area contributed by atoms with Gasteiger partial charge in [-0.05, 0) is 13.3 Å². The molecule has 64 valence electrons. The van der Waals surface area contributed by atoms with Crippen LogP contribution in [0.15, 0.2) is 0 Å². The van der Waals surface area contributed by atoms with Crippen LogP contribution in [0.25, 0.3) is 0 Å². The minimum atomic E-state index is -0.0957. The Morgan fingerprint density at radius 1 is 1.09 bits per heavy atom. The van der Waals surface area contributed by atoms with Crippen LogP contribution in [0, 0.1) is 0 Å². The van der Waals surface area contributed by atoms with E-state index in [2.05, 4.69) is 6.92 Å². The molecule has 0 aromatic heterocycles. The molecule has 0 aromatic rings. The van der Waals surface area contributed by atoms with Crippen molar-refractivity contribution in [2.75, 3.05) is 0 Å². The molecule has 0 aliphatic carbocycles. The predicted octanol–water partition coefficient (Wildman–Crippen LogP) is 2.08. The summed E-state index contributed by atoms with van der Waals surface area (Å²) in [6, 6.07) is 0. The first-order valence-corrected chi connectivity index (χ1v) is 4.45. The average Bonchev–Trinajstić information content (AvgIpc) is 1.87. The summed E-state index contributed by atoms with van der Waals surface area (Å²) in [4.78, 5) is 0. The Hall–Kier alpha value is 0.960. The molecule has 0 heterocycles. The van der Waals surface area contributed by atoms with E-state index in [1.165, 1.54) is 32.1 Å². The Balaban J connectivity index is 0. The van der Waals surface area contributed by atoms with Crippen LogP contribution < -0.4 is 0 Å². The Kier molecular flexibility index (Phi) is 14.4. The molecule has 2 heteroatoms. The summed E-state index contributed by atoms with van der Waals surface area (Å²) in [5.41, 5.74) is 0. The molecule has 1 N–H and O–H groups in total. The van der Waals surface area contributed by atoms with Crippen LogP contribution in [0.1, 0.15) is 52.4 Å². The summed E-state index contributed by atoms with van der Waals surface area (Å²) in [6.07, 6.45) is 7.35. The van der Waals surface area contributed by atoms with Gasteiger partial charge in [0, 0.05) is 0 Å². The van der Waals surface area contributed by atoms with Gasteiger partial charge in [-0.25, -0.2) is 0 Å². The monoisotopic (exact) mass is 168 g/mol. The number of hydrogen-bond acceptors (Lipinski definition) is 1. The van der Waals surface area contributed by atoms with Gasteiger partial charge in [0.2, 0.25) is 0 Å². The third-order valence-corrected chi connectivity index (χ3v) is 1.73. The topological polar surface area (TPSA) is 20.2 Å². The predicted molar refractivity (Wildman–Crippen MR) is 52.2 cm³/mol. The van der Waals surface area contributed by atoms with Gasteiger partial charge in [-0.2, -0.15) is 0 Å². The van der Waals surface area contributed by atoms with Gasteiger partial charge in [0.1, 0.15) is 0 Å². The fourth-order valence-corrected chi connectivity index (χ4v) is 1.04. The van der Waals surface area contributed by atoms with Crippen LogP contribution in [0.2, 0.25) is 0 Å². The molecule has 0 saturated carbocycles. The molecule has 0 fully saturated rings. The summed E-state index contributed by atoms with van der Waals surface area (Å²) in [6.45, 7) is 4.08. The van der Waals surface area contributed by atoms with E-state index in [0.29, 0.717) is 0 Å². The Bertz CT molecular complexity index is 64.6. The van der Waals surface area contributed by atoms with E-state index in [0.717, 1.165) is 6.42 Å². The van der Waals surface area contributed by atoms with Crippen LogP contribution in [0.3, 0.4) is 0 Å². The number of rotatable bonds is 6. The average molecular weight is 168 g/mol. The SMILES string of the molecule is CCCCCCCC(C)O.[NaH]. The standard InChI is InChI=1S/C9H20O.Na.H/c1-3-4-5-6-7-8-9(2)10;;/h9-10H,3-8H2,1-2H3;;. The molecule has 0 aliphatic heterocycles. The maximum absolute atomic E-state index is 8.91. The molecule has 0 bridgehead atoms. The summed E-state index contributed by atoms with van der Waals surface area (Å²) in [5.74, 6) is 0. The third kappa shape index (κ3) is 13.9. The van der Waals surface area contributed by atoms with Gasteiger partial charge in [-0.3, -0.25) is 0 Å². The zero-order valence-corrected chi connectivity index (χ0v) is 7.27. The zero-order valence-electron chi connectivity index (χ0n) is 7.27. The molecule has 1 atom stereocenters. The van der Waals surface area contributed by atoms with E-state index in [4.69, 9.17) is 5.11 Å². The Morgan fingerprint density at radius 2 is 1.64 bits per heavy atom. The summed E-state index contributed by atoms with van der Waals surface area (Å²) < 4.78 is 0. The minimum absolute atomic E-state index is 0. The molecule has 1 unspecified atom stereocenters. The van der Waals surface area contributed by atoms with Crippen LogP contribution >= 0.6 is 0 Å². The zero-order chi connectivity index (χ0) is 7.82. The van der Waals surface area contributed by atoms with Gasteiger partial charge in [0.25, 0.3) is 0 Å². The molecule has 0 radical (unpaired) electrons. The molecule has 11 heavy (non-hydrogen) atoms. The van der Waals surface area contributed by atoms with Gasteiger partial charge in [0.05, 0.1) is 6.10 Å². The van der Waals surface area contributed by atoms with Crippen LogP contribution in [-0.2, 0) is 0 Å². The van der Waals surface area contributed by atoms with Gasteiger partial charge < -0.3 is 5.11 Å². The fourth-order valence-electron chi connectivity index (χ4n) is 1.04. The molecular formula is C9H21NaO. The molecule has 1 nitrogen and oxygen atoms in total. The van der Waals surface area contributed by atoms with Crippen LogP contribution in [-0.4, -0.2) is 40.8 Å². The van der Waals surface area contributed by atoms with Gasteiger partial charge in [-0.15, -0.1) is 0 Å². The van der Waals surface area contributed by atoms with Crippen molar-refractivity contribution in [3.8, 4) is 0 Å². The van der Waals surface area contributed by atoms with Gasteiger partial charge >= 0.3 is 29.6 Å². The van der Waals surface area contributed by atoms with Gasteiger partial charge in [-0.1, -0.05) is 39.0 Å². The van der Waals surface area contributed by atoms with Crippen molar-refractivity contribution in [1.29, 1.82) is 0 Å². The summed E-state index contributed by atoms with van der Waals surface area (Å²) in [5, 5.41) is 8.91. The fraction of sp³-hybridized carbons (Fsp3) is 1.00. The first-order valence-electron chi connectivity index (χ1n) is 4.45. The summed E-state index contributed by atoms with van der Waals surface area (Å²) >= 11 is 0. The Labute approximate surface area is 92.9 Å². The van der Waals surface area contributed by atoms with E-state index < -0.39 is 0 Å². The normalized spacial score (nSPS) is 12.3. The first-order chi connectivity index (χ1) is 4.77. The van der Waals surface area contributed by atoms with E-state index in [9.17, 15) is 0 Å². The molecule has 0 saturated heterocycles. The third-order valence-electron chi connectivity index (χ3n) is 1.73. The second-order valence-corrected chi connectivity index (χ2v) is 3.05. The van der Waals surface area contributed by atoms with Crippen molar-refractivity contribution in [2.45, 2.75) is 58.5 Å². The van der Waals surface area contributed by atoms with Crippen LogP contribution in [0.4, 0.5) is 0 Å². The van der Waals surface area contributed by atoms with Crippen LogP contribution in [0.5, 0.6) is 0 Å². The second kappa shape index (κ2) is 11.0. The van der Waals surface area contributed by atoms with Crippen molar-refractivity contribution < 1.29 is 5.11 Å². The van der Waals surface area contributed by atoms with E-state index in [1.54, 1.807) is 0 Å². The van der Waals surface area contributed by atoms with Gasteiger partial charge in [0.15, 0.2) is 0 Å². The molecule has 0 aliphatic rings. The molecular weight excluding hydrogens is 147 g/mol. The number of unbranched alkanes of at least 4 members (excludes halogenated alkanes) is 4. The Morgan fingerprint density at radius 3 is 2.09 bits per heavy atom. The molecule has 0 aromatic carbocycles. The molecule has 0 spiro atoms. The van der Waals surface area contributed by atoms with Crippen molar-refractivity contribution in [1.82, 2.24) is 0 Å². The maximum atomic E-state index is 8.91. The first kappa shape index (κ1) is 14.5. The van der Waals surface area contributed by atoms with Crippen molar-refractivity contribution in [3.05, 3.63) is 0 Å². The van der Waals surface area contributed by atoms with E-state index >= 15 is 0 Å². The molecule has 0 amide bonds. The second-order valence-electron chi connectivity index (χ2n) is 3.05. The number of hydrogen-bond donors (Lipinski definition) is 1. The number of aliphatic hydroxyl groups is 1. The quantitative estimate of drug-likeness (QED) is 0.475. The summed E-state index contributed by atoms with van der Waals surface area (Å²) in [7, 11) is 0.